The van der Waals surface area contributed by atoms with Gasteiger partial charge in [0.1, 0.15) is 17.4 Å². The molecule has 1 saturated carbocycles. The molecule has 0 unspecified atom stereocenters. The van der Waals surface area contributed by atoms with Crippen LogP contribution in [-0.4, -0.2) is 45.2 Å². The topological polar surface area (TPSA) is 76.1 Å². The van der Waals surface area contributed by atoms with Crippen molar-refractivity contribution in [3.8, 4) is 5.75 Å². The van der Waals surface area contributed by atoms with Crippen LogP contribution in [0.5, 0.6) is 5.75 Å². The maximum Gasteiger partial charge on any atom is 0.172 e. The van der Waals surface area contributed by atoms with E-state index in [1.807, 2.05) is 18.2 Å². The van der Waals surface area contributed by atoms with E-state index >= 15 is 0 Å². The summed E-state index contributed by atoms with van der Waals surface area (Å²) in [5, 5.41) is 3.55. The lowest BCUT2D eigenvalue weighted by Gasteiger charge is -2.33. The van der Waals surface area contributed by atoms with Crippen molar-refractivity contribution >= 4 is 22.7 Å². The number of aromatic nitrogens is 4. The van der Waals surface area contributed by atoms with Gasteiger partial charge in [0, 0.05) is 50.6 Å². The van der Waals surface area contributed by atoms with E-state index in [-0.39, 0.29) is 6.10 Å². The van der Waals surface area contributed by atoms with Crippen LogP contribution in [0.15, 0.2) is 43.0 Å². The molecule has 5 rings (SSSR count). The van der Waals surface area contributed by atoms with E-state index in [1.165, 1.54) is 12.8 Å². The smallest absolute Gasteiger partial charge is 0.172 e. The van der Waals surface area contributed by atoms with E-state index in [2.05, 4.69) is 20.2 Å². The Labute approximate surface area is 157 Å². The molecule has 0 aromatic carbocycles. The number of fused-ring (bicyclic) bond motifs is 1. The molecule has 2 aliphatic rings. The predicted molar refractivity (Wildman–Crippen MR) is 104 cm³/mol. The van der Waals surface area contributed by atoms with Gasteiger partial charge in [-0.3, -0.25) is 9.97 Å². The molecular formula is C20H22N6O. The average molecular weight is 362 g/mol. The van der Waals surface area contributed by atoms with Crippen molar-refractivity contribution in [1.82, 2.24) is 19.9 Å². The number of anilines is 2. The van der Waals surface area contributed by atoms with Crippen LogP contribution in [0, 0.1) is 0 Å². The molecule has 1 aliphatic heterocycles. The van der Waals surface area contributed by atoms with Gasteiger partial charge in [-0.05, 0) is 31.0 Å². The number of piperidine rings is 1. The van der Waals surface area contributed by atoms with Gasteiger partial charge in [0.05, 0.1) is 11.7 Å². The van der Waals surface area contributed by atoms with Gasteiger partial charge in [-0.1, -0.05) is 0 Å². The third-order valence-electron chi connectivity index (χ3n) is 5.06. The fourth-order valence-electron chi connectivity index (χ4n) is 3.43. The predicted octanol–water partition coefficient (Wildman–Crippen LogP) is 3.04. The molecule has 2 fully saturated rings. The molecule has 0 radical (unpaired) electrons. The summed E-state index contributed by atoms with van der Waals surface area (Å²) in [5.41, 5.74) is 1.72. The van der Waals surface area contributed by atoms with Crippen molar-refractivity contribution in [2.45, 2.75) is 37.8 Å². The molecule has 1 aliphatic carbocycles. The van der Waals surface area contributed by atoms with Gasteiger partial charge in [-0.25, -0.2) is 9.97 Å². The van der Waals surface area contributed by atoms with E-state index in [4.69, 9.17) is 14.7 Å². The molecule has 27 heavy (non-hydrogen) atoms. The fraction of sp³-hybridized carbons (Fsp3) is 0.400. The molecule has 0 amide bonds. The molecule has 7 heteroatoms. The number of ether oxygens (including phenoxy) is 1. The number of rotatable bonds is 5. The highest BCUT2D eigenvalue weighted by atomic mass is 16.5. The number of nitrogens with zero attached hydrogens (tertiary/aromatic N) is 5. The van der Waals surface area contributed by atoms with Gasteiger partial charge < -0.3 is 15.0 Å². The van der Waals surface area contributed by atoms with Crippen LogP contribution < -0.4 is 15.0 Å². The van der Waals surface area contributed by atoms with Crippen LogP contribution >= 0.6 is 0 Å². The van der Waals surface area contributed by atoms with Crippen molar-refractivity contribution in [2.75, 3.05) is 23.3 Å². The maximum atomic E-state index is 6.09. The summed E-state index contributed by atoms with van der Waals surface area (Å²) in [7, 11) is 0. The Morgan fingerprint density at radius 3 is 2.44 bits per heavy atom. The van der Waals surface area contributed by atoms with Crippen molar-refractivity contribution < 1.29 is 4.74 Å². The van der Waals surface area contributed by atoms with E-state index in [0.717, 1.165) is 54.3 Å². The van der Waals surface area contributed by atoms with Crippen molar-refractivity contribution in [2.24, 2.45) is 0 Å². The summed E-state index contributed by atoms with van der Waals surface area (Å²) in [6.45, 7) is 1.80. The zero-order chi connectivity index (χ0) is 18.1. The first-order chi connectivity index (χ1) is 13.3. The van der Waals surface area contributed by atoms with Crippen LogP contribution in [0.4, 0.5) is 11.6 Å². The maximum absolute atomic E-state index is 6.09. The van der Waals surface area contributed by atoms with Gasteiger partial charge in [0.15, 0.2) is 11.6 Å². The van der Waals surface area contributed by atoms with Gasteiger partial charge in [0.2, 0.25) is 0 Å². The molecule has 1 N–H and O–H groups in total. The summed E-state index contributed by atoms with van der Waals surface area (Å²) >= 11 is 0. The molecule has 4 heterocycles. The Hall–Kier alpha value is -2.96. The summed E-state index contributed by atoms with van der Waals surface area (Å²) in [6, 6.07) is 6.27. The number of nitrogens with one attached hydrogen (secondary N) is 1. The first-order valence-electron chi connectivity index (χ1n) is 9.55. The lowest BCUT2D eigenvalue weighted by molar-refractivity contribution is 0.170. The number of hydrogen-bond donors (Lipinski definition) is 1. The Kier molecular flexibility index (Phi) is 4.20. The van der Waals surface area contributed by atoms with Crippen LogP contribution in [0.25, 0.3) is 11.0 Å². The van der Waals surface area contributed by atoms with Crippen molar-refractivity contribution in [1.29, 1.82) is 0 Å². The average Bonchev–Trinajstić information content (AvgIpc) is 3.53. The lowest BCUT2D eigenvalue weighted by atomic mass is 10.1. The summed E-state index contributed by atoms with van der Waals surface area (Å²) in [6.07, 6.45) is 11.6. The zero-order valence-corrected chi connectivity index (χ0v) is 15.1. The van der Waals surface area contributed by atoms with Gasteiger partial charge in [-0.2, -0.15) is 0 Å². The van der Waals surface area contributed by atoms with Crippen molar-refractivity contribution in [3.63, 3.8) is 0 Å². The van der Waals surface area contributed by atoms with Gasteiger partial charge >= 0.3 is 0 Å². The largest absolute Gasteiger partial charge is 0.490 e. The third kappa shape index (κ3) is 3.63. The van der Waals surface area contributed by atoms with E-state index in [0.29, 0.717) is 6.04 Å². The minimum atomic E-state index is 0.221. The van der Waals surface area contributed by atoms with E-state index in [9.17, 15) is 0 Å². The van der Waals surface area contributed by atoms with Gasteiger partial charge in [-0.15, -0.1) is 0 Å². The van der Waals surface area contributed by atoms with E-state index < -0.39 is 0 Å². The van der Waals surface area contributed by atoms with Crippen LogP contribution in [0.2, 0.25) is 0 Å². The molecule has 0 atom stereocenters. The Bertz CT molecular complexity index is 922. The molecular weight excluding hydrogens is 340 g/mol. The molecule has 0 bridgehead atoms. The first-order valence-corrected chi connectivity index (χ1v) is 9.55. The molecule has 3 aromatic rings. The second-order valence-electron chi connectivity index (χ2n) is 7.17. The second-order valence-corrected chi connectivity index (χ2v) is 7.17. The van der Waals surface area contributed by atoms with E-state index in [1.54, 1.807) is 24.8 Å². The quantitative estimate of drug-likeness (QED) is 0.747. The summed E-state index contributed by atoms with van der Waals surface area (Å²) in [5.74, 6) is 2.71. The summed E-state index contributed by atoms with van der Waals surface area (Å²) < 4.78 is 6.09. The monoisotopic (exact) mass is 362 g/mol. The lowest BCUT2D eigenvalue weighted by Crippen LogP contribution is -2.39. The third-order valence-corrected chi connectivity index (χ3v) is 5.06. The highest BCUT2D eigenvalue weighted by Gasteiger charge is 2.27. The number of pyridine rings is 2. The molecule has 0 spiro atoms. The molecule has 3 aromatic heterocycles. The first kappa shape index (κ1) is 16.2. The Morgan fingerprint density at radius 1 is 0.889 bits per heavy atom. The molecule has 138 valence electrons. The fourth-order valence-corrected chi connectivity index (χ4v) is 3.43. The zero-order valence-electron chi connectivity index (χ0n) is 15.1. The number of hydrogen-bond acceptors (Lipinski definition) is 7. The minimum absolute atomic E-state index is 0.221. The standard InChI is InChI=1S/C20H22N6O/c1-2-14(1)23-19-20(25-18-13-22-10-5-17(18)24-19)26-11-6-16(7-12-26)27-15-3-8-21-9-4-15/h3-5,8-10,13-14,16H,1-2,6-7,11-12H2,(H,23,24). The SMILES string of the molecule is c1cc(OC2CCN(c3nc4cnccc4nc3NC3CC3)CC2)ccn1. The summed E-state index contributed by atoms with van der Waals surface area (Å²) in [4.78, 5) is 20.3. The molecule has 1 saturated heterocycles. The van der Waals surface area contributed by atoms with Crippen molar-refractivity contribution in [3.05, 3.63) is 43.0 Å². The Balaban J connectivity index is 1.34. The Morgan fingerprint density at radius 2 is 1.67 bits per heavy atom. The highest BCUT2D eigenvalue weighted by molar-refractivity contribution is 5.80. The molecule has 7 nitrogen and oxygen atoms in total. The van der Waals surface area contributed by atoms with Crippen LogP contribution in [0.1, 0.15) is 25.7 Å². The highest BCUT2D eigenvalue weighted by Crippen LogP contribution is 2.32. The minimum Gasteiger partial charge on any atom is -0.490 e. The van der Waals surface area contributed by atoms with Gasteiger partial charge in [0.25, 0.3) is 0 Å². The van der Waals surface area contributed by atoms with Crippen LogP contribution in [0.3, 0.4) is 0 Å². The normalized spacial score (nSPS) is 17.9. The van der Waals surface area contributed by atoms with Crippen LogP contribution in [-0.2, 0) is 0 Å². The second kappa shape index (κ2) is 6.98.